The molecule has 0 saturated heterocycles. The molecule has 18 heavy (non-hydrogen) atoms. The SMILES string of the molecule is O=S(=O)(O)c1ccc(Nc2ncnc(Cl)n2)cc1. The van der Waals surface area contributed by atoms with Crippen molar-refractivity contribution in [2.75, 3.05) is 5.32 Å². The van der Waals surface area contributed by atoms with Gasteiger partial charge in [-0.05, 0) is 35.9 Å². The van der Waals surface area contributed by atoms with Crippen molar-refractivity contribution in [1.29, 1.82) is 0 Å². The Labute approximate surface area is 108 Å². The van der Waals surface area contributed by atoms with Crippen molar-refractivity contribution in [3.8, 4) is 0 Å². The van der Waals surface area contributed by atoms with E-state index in [2.05, 4.69) is 20.3 Å². The third kappa shape index (κ3) is 3.13. The lowest BCUT2D eigenvalue weighted by Crippen LogP contribution is -2.00. The van der Waals surface area contributed by atoms with Crippen molar-refractivity contribution in [2.24, 2.45) is 0 Å². The lowest BCUT2D eigenvalue weighted by Gasteiger charge is -2.04. The summed E-state index contributed by atoms with van der Waals surface area (Å²) in [6, 6.07) is 5.42. The first-order chi connectivity index (χ1) is 8.45. The molecule has 0 fully saturated rings. The summed E-state index contributed by atoms with van der Waals surface area (Å²) in [6.07, 6.45) is 1.24. The zero-order valence-corrected chi connectivity index (χ0v) is 10.4. The number of aromatic nitrogens is 3. The average Bonchev–Trinajstić information content (AvgIpc) is 2.28. The van der Waals surface area contributed by atoms with Gasteiger partial charge in [0.15, 0.2) is 0 Å². The van der Waals surface area contributed by atoms with Crippen LogP contribution in [0.5, 0.6) is 0 Å². The summed E-state index contributed by atoms with van der Waals surface area (Å²) in [5, 5.41) is 2.84. The third-order valence-electron chi connectivity index (χ3n) is 1.95. The lowest BCUT2D eigenvalue weighted by molar-refractivity contribution is 0.483. The van der Waals surface area contributed by atoms with Crippen LogP contribution in [0, 0.1) is 0 Å². The van der Waals surface area contributed by atoms with Crippen LogP contribution in [0.2, 0.25) is 5.28 Å². The maximum atomic E-state index is 10.8. The van der Waals surface area contributed by atoms with Crippen LogP contribution in [0.3, 0.4) is 0 Å². The number of nitrogens with zero attached hydrogens (tertiary/aromatic N) is 3. The van der Waals surface area contributed by atoms with Gasteiger partial charge in [-0.1, -0.05) is 0 Å². The molecule has 0 spiro atoms. The molecule has 7 nitrogen and oxygen atoms in total. The first kappa shape index (κ1) is 12.7. The van der Waals surface area contributed by atoms with Crippen molar-refractivity contribution >= 4 is 33.4 Å². The van der Waals surface area contributed by atoms with Gasteiger partial charge in [-0.2, -0.15) is 13.4 Å². The Morgan fingerprint density at radius 1 is 1.17 bits per heavy atom. The number of benzene rings is 1. The molecule has 0 aliphatic rings. The Morgan fingerprint density at radius 3 is 2.39 bits per heavy atom. The van der Waals surface area contributed by atoms with Crippen LogP contribution < -0.4 is 5.32 Å². The van der Waals surface area contributed by atoms with Crippen molar-refractivity contribution in [3.63, 3.8) is 0 Å². The molecule has 1 heterocycles. The van der Waals surface area contributed by atoms with Gasteiger partial charge in [0.25, 0.3) is 10.1 Å². The highest BCUT2D eigenvalue weighted by molar-refractivity contribution is 7.85. The number of hydrogen-bond donors (Lipinski definition) is 2. The Balaban J connectivity index is 2.21. The molecule has 0 unspecified atom stereocenters. The monoisotopic (exact) mass is 286 g/mol. The van der Waals surface area contributed by atoms with Crippen LogP contribution in [0.15, 0.2) is 35.5 Å². The van der Waals surface area contributed by atoms with E-state index in [-0.39, 0.29) is 16.1 Å². The minimum atomic E-state index is -4.19. The van der Waals surface area contributed by atoms with E-state index in [0.29, 0.717) is 5.69 Å². The van der Waals surface area contributed by atoms with E-state index in [4.69, 9.17) is 16.2 Å². The third-order valence-corrected chi connectivity index (χ3v) is 3.00. The molecule has 94 valence electrons. The smallest absolute Gasteiger partial charge is 0.294 e. The molecular formula is C9H7ClN4O3S. The standard InChI is InChI=1S/C9H7ClN4O3S/c10-8-11-5-12-9(14-8)13-6-1-3-7(4-2-6)18(15,16)17/h1-5H,(H,15,16,17)(H,11,12,13,14). The van der Waals surface area contributed by atoms with Crippen LogP contribution in [0.4, 0.5) is 11.6 Å². The first-order valence-electron chi connectivity index (χ1n) is 4.64. The van der Waals surface area contributed by atoms with Gasteiger partial charge in [-0.15, -0.1) is 0 Å². The minimum Gasteiger partial charge on any atom is -0.324 e. The molecule has 1 aromatic carbocycles. The van der Waals surface area contributed by atoms with Gasteiger partial charge < -0.3 is 5.32 Å². The van der Waals surface area contributed by atoms with Crippen molar-refractivity contribution in [2.45, 2.75) is 4.90 Å². The maximum absolute atomic E-state index is 10.8. The number of nitrogens with one attached hydrogen (secondary N) is 1. The van der Waals surface area contributed by atoms with Crippen LogP contribution in [0.25, 0.3) is 0 Å². The predicted octanol–water partition coefficient (Wildman–Crippen LogP) is 1.52. The normalized spacial score (nSPS) is 11.2. The Morgan fingerprint density at radius 2 is 1.83 bits per heavy atom. The average molecular weight is 287 g/mol. The molecular weight excluding hydrogens is 280 g/mol. The summed E-state index contributed by atoms with van der Waals surface area (Å²) < 4.78 is 30.5. The number of anilines is 2. The fourth-order valence-corrected chi connectivity index (χ4v) is 1.78. The van der Waals surface area contributed by atoms with Gasteiger partial charge in [-0.25, -0.2) is 9.97 Å². The molecule has 1 aromatic heterocycles. The predicted molar refractivity (Wildman–Crippen MR) is 64.4 cm³/mol. The molecule has 2 aromatic rings. The highest BCUT2D eigenvalue weighted by Gasteiger charge is 2.08. The van der Waals surface area contributed by atoms with Crippen LogP contribution in [-0.2, 0) is 10.1 Å². The van der Waals surface area contributed by atoms with E-state index in [1.807, 2.05) is 0 Å². The summed E-state index contributed by atoms with van der Waals surface area (Å²) in [5.41, 5.74) is 0.546. The number of halogens is 1. The van der Waals surface area contributed by atoms with Gasteiger partial charge in [0.05, 0.1) is 4.90 Å². The van der Waals surface area contributed by atoms with Crippen molar-refractivity contribution in [3.05, 3.63) is 35.9 Å². The lowest BCUT2D eigenvalue weighted by atomic mass is 10.3. The molecule has 9 heteroatoms. The second kappa shape index (κ2) is 4.84. The summed E-state index contributed by atoms with van der Waals surface area (Å²) in [4.78, 5) is 11.1. The summed E-state index contributed by atoms with van der Waals surface area (Å²) >= 11 is 5.58. The molecule has 0 radical (unpaired) electrons. The summed E-state index contributed by atoms with van der Waals surface area (Å²) in [5.74, 6) is 0.231. The van der Waals surface area contributed by atoms with Gasteiger partial charge >= 0.3 is 0 Å². The molecule has 0 aliphatic heterocycles. The summed E-state index contributed by atoms with van der Waals surface area (Å²) in [7, 11) is -4.19. The molecule has 2 rings (SSSR count). The zero-order valence-electron chi connectivity index (χ0n) is 8.78. The van der Waals surface area contributed by atoms with Crippen LogP contribution in [0.1, 0.15) is 0 Å². The Hall–Kier alpha value is -1.77. The second-order valence-corrected chi connectivity index (χ2v) is 4.96. The van der Waals surface area contributed by atoms with Crippen LogP contribution >= 0.6 is 11.6 Å². The van der Waals surface area contributed by atoms with E-state index >= 15 is 0 Å². The maximum Gasteiger partial charge on any atom is 0.294 e. The first-order valence-corrected chi connectivity index (χ1v) is 6.46. The van der Waals surface area contributed by atoms with E-state index in [0.717, 1.165) is 0 Å². The Kier molecular flexibility index (Phi) is 3.41. The van der Waals surface area contributed by atoms with E-state index in [9.17, 15) is 8.42 Å². The zero-order chi connectivity index (χ0) is 13.2. The largest absolute Gasteiger partial charge is 0.324 e. The molecule has 0 atom stereocenters. The van der Waals surface area contributed by atoms with Crippen LogP contribution in [-0.4, -0.2) is 27.9 Å². The fourth-order valence-electron chi connectivity index (χ4n) is 1.18. The Bertz CT molecular complexity index is 660. The van der Waals surface area contributed by atoms with Gasteiger partial charge in [-0.3, -0.25) is 4.55 Å². The summed E-state index contributed by atoms with van der Waals surface area (Å²) in [6.45, 7) is 0. The van der Waals surface area contributed by atoms with Crippen molar-refractivity contribution < 1.29 is 13.0 Å². The van der Waals surface area contributed by atoms with Gasteiger partial charge in [0.1, 0.15) is 6.33 Å². The van der Waals surface area contributed by atoms with E-state index in [1.54, 1.807) is 0 Å². The molecule has 0 aliphatic carbocycles. The number of rotatable bonds is 3. The van der Waals surface area contributed by atoms with Gasteiger partial charge in [0, 0.05) is 5.69 Å². The van der Waals surface area contributed by atoms with E-state index < -0.39 is 10.1 Å². The number of hydrogen-bond acceptors (Lipinski definition) is 6. The topological polar surface area (TPSA) is 105 Å². The fraction of sp³-hybridized carbons (Fsp3) is 0. The minimum absolute atomic E-state index is 0.0436. The highest BCUT2D eigenvalue weighted by atomic mass is 35.5. The molecule has 0 amide bonds. The van der Waals surface area contributed by atoms with Crippen molar-refractivity contribution in [1.82, 2.24) is 15.0 Å². The second-order valence-electron chi connectivity index (χ2n) is 3.20. The van der Waals surface area contributed by atoms with Gasteiger partial charge in [0.2, 0.25) is 11.2 Å². The molecule has 0 bridgehead atoms. The quantitative estimate of drug-likeness (QED) is 0.824. The molecule has 2 N–H and O–H groups in total. The molecule has 0 saturated carbocycles. The van der Waals surface area contributed by atoms with E-state index in [1.165, 1.54) is 30.6 Å². The highest BCUT2D eigenvalue weighted by Crippen LogP contribution is 2.16.